The first-order chi connectivity index (χ1) is 16.0. The smallest absolute Gasteiger partial charge is 0.338 e. The number of benzene rings is 1. The number of nitrogens with one attached hydrogen (secondary N) is 3. The van der Waals surface area contributed by atoms with Crippen molar-refractivity contribution in [2.24, 2.45) is 5.92 Å². The third-order valence-corrected chi connectivity index (χ3v) is 5.82. The average molecular weight is 473 g/mol. The van der Waals surface area contributed by atoms with E-state index in [1.54, 1.807) is 31.5 Å². The molecule has 0 amide bonds. The molecule has 3 N–H and O–H groups in total. The predicted octanol–water partition coefficient (Wildman–Crippen LogP) is 5.32. The molecule has 1 aliphatic rings. The summed E-state index contributed by atoms with van der Waals surface area (Å²) in [5.74, 6) is 0.636. The number of halogens is 3. The van der Waals surface area contributed by atoms with Crippen molar-refractivity contribution in [3.05, 3.63) is 52.4 Å². The summed E-state index contributed by atoms with van der Waals surface area (Å²) in [5.41, 5.74) is 0.135. The number of nitriles is 1. The van der Waals surface area contributed by atoms with Crippen LogP contribution in [0.1, 0.15) is 57.7 Å². The molecule has 34 heavy (non-hydrogen) atoms. The van der Waals surface area contributed by atoms with E-state index in [1.165, 1.54) is 30.5 Å². The van der Waals surface area contributed by atoms with Crippen molar-refractivity contribution in [2.75, 3.05) is 5.32 Å². The van der Waals surface area contributed by atoms with E-state index in [1.807, 2.05) is 0 Å². The Balaban J connectivity index is 1.67. The summed E-state index contributed by atoms with van der Waals surface area (Å²) in [6.45, 7) is 5.05. The number of alkyl halides is 3. The number of hydrogen-bond acceptors (Lipinski definition) is 5. The SMILES string of the molecule is CC(C)(C)NC(c1ccc(Nc2nn(C(CC#N)C3CC3)c3cc[nH]c(=O)c23)cc1)C(F)(F)F. The lowest BCUT2D eigenvalue weighted by molar-refractivity contribution is -0.161. The molecule has 10 heteroatoms. The molecular formula is C24H27F3N6O. The Bertz CT molecular complexity index is 1260. The largest absolute Gasteiger partial charge is 0.407 e. The fourth-order valence-electron chi connectivity index (χ4n) is 4.15. The molecule has 1 aromatic carbocycles. The number of aromatic amines is 1. The zero-order valence-electron chi connectivity index (χ0n) is 19.2. The van der Waals surface area contributed by atoms with Gasteiger partial charge in [-0.2, -0.15) is 23.5 Å². The minimum absolute atomic E-state index is 0.0871. The van der Waals surface area contributed by atoms with E-state index in [9.17, 15) is 23.2 Å². The lowest BCUT2D eigenvalue weighted by Gasteiger charge is -2.30. The maximum absolute atomic E-state index is 13.7. The molecule has 2 unspecified atom stereocenters. The molecule has 3 aromatic rings. The van der Waals surface area contributed by atoms with Crippen LogP contribution in [-0.4, -0.2) is 26.5 Å². The molecule has 0 aliphatic heterocycles. The second-order valence-electron chi connectivity index (χ2n) is 9.74. The van der Waals surface area contributed by atoms with Crippen LogP contribution in [0.2, 0.25) is 0 Å². The van der Waals surface area contributed by atoms with E-state index in [0.29, 0.717) is 28.3 Å². The minimum Gasteiger partial charge on any atom is -0.338 e. The monoisotopic (exact) mass is 472 g/mol. The molecule has 1 saturated carbocycles. The van der Waals surface area contributed by atoms with Gasteiger partial charge in [-0.1, -0.05) is 12.1 Å². The Labute approximate surface area is 195 Å². The molecule has 7 nitrogen and oxygen atoms in total. The fraction of sp³-hybridized carbons (Fsp3) is 0.458. The van der Waals surface area contributed by atoms with Crippen LogP contribution in [0.5, 0.6) is 0 Å². The average Bonchev–Trinajstić information content (AvgIpc) is 3.52. The number of pyridine rings is 1. The topological polar surface area (TPSA) is 98.5 Å². The van der Waals surface area contributed by atoms with Crippen LogP contribution >= 0.6 is 0 Å². The summed E-state index contributed by atoms with van der Waals surface area (Å²) >= 11 is 0. The van der Waals surface area contributed by atoms with Gasteiger partial charge in [0.05, 0.1) is 24.0 Å². The van der Waals surface area contributed by atoms with Crippen molar-refractivity contribution in [2.45, 2.75) is 63.8 Å². The molecule has 4 rings (SSSR count). The maximum Gasteiger partial charge on any atom is 0.407 e. The second kappa shape index (κ2) is 8.80. The first kappa shape index (κ1) is 23.8. The summed E-state index contributed by atoms with van der Waals surface area (Å²) in [6, 6.07) is 7.89. The highest BCUT2D eigenvalue weighted by atomic mass is 19.4. The van der Waals surface area contributed by atoms with Crippen LogP contribution in [-0.2, 0) is 0 Å². The number of H-pyrrole nitrogens is 1. The first-order valence-electron chi connectivity index (χ1n) is 11.2. The molecule has 2 aromatic heterocycles. The lowest BCUT2D eigenvalue weighted by atomic mass is 10.0. The molecule has 1 fully saturated rings. The summed E-state index contributed by atoms with van der Waals surface area (Å²) in [4.78, 5) is 15.3. The zero-order valence-corrected chi connectivity index (χ0v) is 19.2. The van der Waals surface area contributed by atoms with Crippen LogP contribution in [0.15, 0.2) is 41.3 Å². The van der Waals surface area contributed by atoms with Gasteiger partial charge in [0, 0.05) is 17.4 Å². The third kappa shape index (κ3) is 5.09. The Kier molecular flexibility index (Phi) is 6.16. The summed E-state index contributed by atoms with van der Waals surface area (Å²) in [6.07, 6.45) is -0.628. The van der Waals surface area contributed by atoms with Crippen molar-refractivity contribution in [1.29, 1.82) is 5.26 Å². The number of fused-ring (bicyclic) bond motifs is 1. The first-order valence-corrected chi connectivity index (χ1v) is 11.2. The molecule has 0 saturated heterocycles. The van der Waals surface area contributed by atoms with Gasteiger partial charge in [0.2, 0.25) is 0 Å². The van der Waals surface area contributed by atoms with Crippen molar-refractivity contribution in [3.8, 4) is 6.07 Å². The van der Waals surface area contributed by atoms with E-state index in [2.05, 4.69) is 26.8 Å². The fourth-order valence-corrected chi connectivity index (χ4v) is 4.15. The quantitative estimate of drug-likeness (QED) is 0.432. The predicted molar refractivity (Wildman–Crippen MR) is 124 cm³/mol. The van der Waals surface area contributed by atoms with Crippen molar-refractivity contribution in [3.63, 3.8) is 0 Å². The van der Waals surface area contributed by atoms with Crippen LogP contribution < -0.4 is 16.2 Å². The number of hydrogen-bond donors (Lipinski definition) is 3. The number of rotatable bonds is 7. The third-order valence-electron chi connectivity index (χ3n) is 5.82. The summed E-state index contributed by atoms with van der Waals surface area (Å²) < 4.78 is 42.7. The molecule has 180 valence electrons. The molecular weight excluding hydrogens is 445 g/mol. The number of aromatic nitrogens is 3. The minimum atomic E-state index is -4.46. The van der Waals surface area contributed by atoms with Gasteiger partial charge in [-0.25, -0.2) is 0 Å². The van der Waals surface area contributed by atoms with Crippen LogP contribution in [0, 0.1) is 17.2 Å². The van der Waals surface area contributed by atoms with Crippen molar-refractivity contribution in [1.82, 2.24) is 20.1 Å². The second-order valence-corrected chi connectivity index (χ2v) is 9.74. The van der Waals surface area contributed by atoms with E-state index < -0.39 is 17.8 Å². The highest BCUT2D eigenvalue weighted by Crippen LogP contribution is 2.43. The molecule has 0 radical (unpaired) electrons. The normalized spacial score (nSPS) is 16.3. The van der Waals surface area contributed by atoms with Gasteiger partial charge < -0.3 is 10.3 Å². The standard InChI is InChI=1S/C24H27F3N6O/c1-23(2,3)31-20(24(25,26)27)15-6-8-16(9-7-15)30-21-19-18(11-13-29-22(19)34)33(32-21)17(10-12-28)14-4-5-14/h6-9,11,13-14,17,20,31H,4-5,10H2,1-3H3,(H,29,34)(H,30,32). The van der Waals surface area contributed by atoms with Gasteiger partial charge in [-0.3, -0.25) is 14.8 Å². The van der Waals surface area contributed by atoms with Gasteiger partial charge in [0.1, 0.15) is 11.4 Å². The zero-order chi connectivity index (χ0) is 24.7. The summed E-state index contributed by atoms with van der Waals surface area (Å²) in [5, 5.41) is 19.9. The van der Waals surface area contributed by atoms with E-state index in [4.69, 9.17) is 0 Å². The van der Waals surface area contributed by atoms with Crippen molar-refractivity contribution >= 4 is 22.4 Å². The number of anilines is 2. The molecule has 1 aliphatic carbocycles. The van der Waals surface area contributed by atoms with Gasteiger partial charge in [-0.05, 0) is 63.3 Å². The van der Waals surface area contributed by atoms with Gasteiger partial charge in [0.15, 0.2) is 5.82 Å². The number of nitrogens with zero attached hydrogens (tertiary/aromatic N) is 3. The van der Waals surface area contributed by atoms with E-state index >= 15 is 0 Å². The molecule has 2 heterocycles. The Morgan fingerprint density at radius 3 is 2.44 bits per heavy atom. The van der Waals surface area contributed by atoms with Crippen LogP contribution in [0.4, 0.5) is 24.7 Å². The maximum atomic E-state index is 13.7. The van der Waals surface area contributed by atoms with Crippen molar-refractivity contribution < 1.29 is 13.2 Å². The highest BCUT2D eigenvalue weighted by Gasteiger charge is 2.42. The van der Waals surface area contributed by atoms with Crippen LogP contribution in [0.25, 0.3) is 10.9 Å². The molecule has 0 bridgehead atoms. The Morgan fingerprint density at radius 2 is 1.88 bits per heavy atom. The van der Waals surface area contributed by atoms with Gasteiger partial charge in [-0.15, -0.1) is 0 Å². The van der Waals surface area contributed by atoms with Gasteiger partial charge >= 0.3 is 6.18 Å². The van der Waals surface area contributed by atoms with Gasteiger partial charge in [0.25, 0.3) is 5.56 Å². The Hall–Kier alpha value is -3.32. The highest BCUT2D eigenvalue weighted by molar-refractivity contribution is 5.91. The lowest BCUT2D eigenvalue weighted by Crippen LogP contribution is -2.45. The molecule has 2 atom stereocenters. The summed E-state index contributed by atoms with van der Waals surface area (Å²) in [7, 11) is 0. The Morgan fingerprint density at radius 1 is 1.21 bits per heavy atom. The van der Waals surface area contributed by atoms with Crippen LogP contribution in [0.3, 0.4) is 0 Å². The van der Waals surface area contributed by atoms with E-state index in [0.717, 1.165) is 12.8 Å². The molecule has 0 spiro atoms. The van der Waals surface area contributed by atoms with E-state index in [-0.39, 0.29) is 23.6 Å².